The zero-order chi connectivity index (χ0) is 18.3. The fourth-order valence-corrected chi connectivity index (χ4v) is 3.07. The normalized spacial score (nSPS) is 11.6. The Kier molecular flexibility index (Phi) is 7.01. The minimum absolute atomic E-state index is 0.140. The van der Waals surface area contributed by atoms with E-state index in [1.807, 2.05) is 6.07 Å². The molecule has 5 nitrogen and oxygen atoms in total. The van der Waals surface area contributed by atoms with Crippen LogP contribution in [0.2, 0.25) is 10.0 Å². The van der Waals surface area contributed by atoms with Crippen molar-refractivity contribution < 1.29 is 17.9 Å². The molecule has 0 saturated carbocycles. The van der Waals surface area contributed by atoms with E-state index in [2.05, 4.69) is 4.72 Å². The van der Waals surface area contributed by atoms with Crippen molar-refractivity contribution in [2.24, 2.45) is 0 Å². The highest BCUT2D eigenvalue weighted by atomic mass is 35.5. The summed E-state index contributed by atoms with van der Waals surface area (Å²) in [5.74, 6) is -0.743. The maximum absolute atomic E-state index is 11.8. The molecule has 0 spiro atoms. The van der Waals surface area contributed by atoms with E-state index in [4.69, 9.17) is 27.9 Å². The molecule has 0 aliphatic carbocycles. The SMILES string of the molecule is O=C(CNS(=O)(=O)/C=C/c1ccccc1)OCc1c(Cl)cccc1Cl. The molecule has 2 aromatic carbocycles. The topological polar surface area (TPSA) is 72.5 Å². The molecule has 2 rings (SSSR count). The van der Waals surface area contributed by atoms with E-state index in [1.54, 1.807) is 42.5 Å². The molecule has 0 aromatic heterocycles. The fourth-order valence-electron chi connectivity index (χ4n) is 1.81. The van der Waals surface area contributed by atoms with Crippen LogP contribution in [0.25, 0.3) is 6.08 Å². The molecule has 0 bridgehead atoms. The van der Waals surface area contributed by atoms with Crippen LogP contribution in [0.3, 0.4) is 0 Å². The van der Waals surface area contributed by atoms with Gasteiger partial charge in [0.05, 0.1) is 0 Å². The van der Waals surface area contributed by atoms with Gasteiger partial charge in [-0.1, -0.05) is 59.6 Å². The fraction of sp³-hybridized carbons (Fsp3) is 0.118. The zero-order valence-electron chi connectivity index (χ0n) is 13.0. The Balaban J connectivity index is 1.86. The van der Waals surface area contributed by atoms with Crippen molar-refractivity contribution in [3.63, 3.8) is 0 Å². The lowest BCUT2D eigenvalue weighted by atomic mass is 10.2. The number of ether oxygens (including phenoxy) is 1. The van der Waals surface area contributed by atoms with E-state index >= 15 is 0 Å². The molecule has 1 N–H and O–H groups in total. The lowest BCUT2D eigenvalue weighted by molar-refractivity contribution is -0.143. The minimum Gasteiger partial charge on any atom is -0.460 e. The van der Waals surface area contributed by atoms with Crippen molar-refractivity contribution in [3.8, 4) is 0 Å². The molecule has 25 heavy (non-hydrogen) atoms. The highest BCUT2D eigenvalue weighted by Crippen LogP contribution is 2.24. The van der Waals surface area contributed by atoms with Gasteiger partial charge in [0.2, 0.25) is 10.0 Å². The molecule has 0 fully saturated rings. The van der Waals surface area contributed by atoms with Crippen molar-refractivity contribution in [2.75, 3.05) is 6.54 Å². The quantitative estimate of drug-likeness (QED) is 0.721. The van der Waals surface area contributed by atoms with Crippen molar-refractivity contribution in [1.82, 2.24) is 4.72 Å². The van der Waals surface area contributed by atoms with Gasteiger partial charge < -0.3 is 4.74 Å². The van der Waals surface area contributed by atoms with Crippen LogP contribution in [0.15, 0.2) is 53.9 Å². The monoisotopic (exact) mass is 399 g/mol. The minimum atomic E-state index is -3.76. The second-order valence-corrected chi connectivity index (χ2v) is 7.41. The maximum atomic E-state index is 11.8. The van der Waals surface area contributed by atoms with E-state index in [-0.39, 0.29) is 6.61 Å². The first-order valence-electron chi connectivity index (χ1n) is 7.19. The summed E-state index contributed by atoms with van der Waals surface area (Å²) in [5.41, 5.74) is 1.19. The smallest absolute Gasteiger partial charge is 0.321 e. The molecule has 0 saturated heterocycles. The molecular formula is C17H15Cl2NO4S. The highest BCUT2D eigenvalue weighted by Gasteiger charge is 2.12. The van der Waals surface area contributed by atoms with Crippen LogP contribution in [0, 0.1) is 0 Å². The Morgan fingerprint density at radius 2 is 1.68 bits per heavy atom. The van der Waals surface area contributed by atoms with E-state index in [1.165, 1.54) is 6.08 Å². The number of carbonyl (C=O) groups excluding carboxylic acids is 1. The number of esters is 1. The first-order valence-corrected chi connectivity index (χ1v) is 9.49. The number of halogens is 2. The van der Waals surface area contributed by atoms with Gasteiger partial charge in [-0.25, -0.2) is 13.1 Å². The average molecular weight is 400 g/mol. The van der Waals surface area contributed by atoms with Crippen LogP contribution in [0.5, 0.6) is 0 Å². The van der Waals surface area contributed by atoms with Crippen LogP contribution < -0.4 is 4.72 Å². The average Bonchev–Trinajstić information content (AvgIpc) is 2.59. The zero-order valence-corrected chi connectivity index (χ0v) is 15.3. The van der Waals surface area contributed by atoms with Gasteiger partial charge in [0, 0.05) is 21.0 Å². The number of sulfonamides is 1. The van der Waals surface area contributed by atoms with Crippen LogP contribution in [-0.4, -0.2) is 20.9 Å². The molecule has 0 atom stereocenters. The van der Waals surface area contributed by atoms with E-state index in [0.717, 1.165) is 11.0 Å². The summed E-state index contributed by atoms with van der Waals surface area (Å²) in [5, 5.41) is 1.72. The Morgan fingerprint density at radius 3 is 2.32 bits per heavy atom. The van der Waals surface area contributed by atoms with Gasteiger partial charge in [0.1, 0.15) is 13.2 Å². The third-order valence-electron chi connectivity index (χ3n) is 3.10. The van der Waals surface area contributed by atoms with Gasteiger partial charge in [-0.05, 0) is 23.8 Å². The van der Waals surface area contributed by atoms with Crippen molar-refractivity contribution >= 4 is 45.3 Å². The molecule has 0 aliphatic heterocycles. The maximum Gasteiger partial charge on any atom is 0.321 e. The lowest BCUT2D eigenvalue weighted by Gasteiger charge is -2.08. The predicted octanol–water partition coefficient (Wildman–Crippen LogP) is 3.63. The number of hydrogen-bond donors (Lipinski definition) is 1. The summed E-state index contributed by atoms with van der Waals surface area (Å²) in [4.78, 5) is 11.7. The highest BCUT2D eigenvalue weighted by molar-refractivity contribution is 7.92. The molecule has 0 amide bonds. The Labute approximate surface area is 156 Å². The molecule has 0 radical (unpaired) electrons. The summed E-state index contributed by atoms with van der Waals surface area (Å²) in [6.07, 6.45) is 1.43. The summed E-state index contributed by atoms with van der Waals surface area (Å²) in [6.45, 7) is -0.636. The third kappa shape index (κ3) is 6.51. The van der Waals surface area contributed by atoms with Crippen LogP contribution >= 0.6 is 23.2 Å². The van der Waals surface area contributed by atoms with Crippen molar-refractivity contribution in [2.45, 2.75) is 6.61 Å². The van der Waals surface area contributed by atoms with Gasteiger partial charge in [-0.15, -0.1) is 0 Å². The van der Waals surface area contributed by atoms with Crippen molar-refractivity contribution in [3.05, 3.63) is 75.1 Å². The molecule has 0 aliphatic rings. The number of benzene rings is 2. The Bertz CT molecular complexity index is 847. The summed E-state index contributed by atoms with van der Waals surface area (Å²) >= 11 is 11.9. The Hall–Kier alpha value is -1.86. The summed E-state index contributed by atoms with van der Waals surface area (Å²) < 4.78 is 30.8. The first kappa shape index (κ1) is 19.5. The van der Waals surface area contributed by atoms with Crippen LogP contribution in [0.1, 0.15) is 11.1 Å². The molecule has 0 heterocycles. The lowest BCUT2D eigenvalue weighted by Crippen LogP contribution is -2.29. The van der Waals surface area contributed by atoms with Gasteiger partial charge in [-0.3, -0.25) is 4.79 Å². The number of hydrogen-bond acceptors (Lipinski definition) is 4. The second-order valence-electron chi connectivity index (χ2n) is 4.94. The van der Waals surface area contributed by atoms with Gasteiger partial charge in [-0.2, -0.15) is 0 Å². The summed E-state index contributed by atoms with van der Waals surface area (Å²) in [7, 11) is -3.76. The van der Waals surface area contributed by atoms with E-state index in [9.17, 15) is 13.2 Å². The van der Waals surface area contributed by atoms with E-state index < -0.39 is 22.5 Å². The van der Waals surface area contributed by atoms with E-state index in [0.29, 0.717) is 15.6 Å². The van der Waals surface area contributed by atoms with Gasteiger partial charge >= 0.3 is 5.97 Å². The molecular weight excluding hydrogens is 385 g/mol. The molecule has 2 aromatic rings. The van der Waals surface area contributed by atoms with Gasteiger partial charge in [0.15, 0.2) is 0 Å². The van der Waals surface area contributed by atoms with Crippen molar-refractivity contribution in [1.29, 1.82) is 0 Å². The van der Waals surface area contributed by atoms with Crippen LogP contribution in [-0.2, 0) is 26.2 Å². The number of rotatable bonds is 7. The van der Waals surface area contributed by atoms with Gasteiger partial charge in [0.25, 0.3) is 0 Å². The Morgan fingerprint density at radius 1 is 1.04 bits per heavy atom. The molecule has 8 heteroatoms. The standard InChI is InChI=1S/C17H15Cl2NO4S/c18-15-7-4-8-16(19)14(15)12-24-17(21)11-20-25(22,23)10-9-13-5-2-1-3-6-13/h1-10,20H,11-12H2/b10-9+. The summed E-state index contributed by atoms with van der Waals surface area (Å²) in [6, 6.07) is 13.8. The largest absolute Gasteiger partial charge is 0.460 e. The van der Waals surface area contributed by atoms with Crippen LogP contribution in [0.4, 0.5) is 0 Å². The third-order valence-corrected chi connectivity index (χ3v) is 4.85. The second kappa shape index (κ2) is 9.01. The first-order chi connectivity index (χ1) is 11.9. The number of nitrogens with one attached hydrogen (secondary N) is 1. The number of carbonyl (C=O) groups is 1. The molecule has 132 valence electrons. The predicted molar refractivity (Wildman–Crippen MR) is 98.7 cm³/mol. The molecule has 0 unspecified atom stereocenters.